The molecule has 1 heterocycles. The Labute approximate surface area is 93.7 Å². The average Bonchev–Trinajstić information content (AvgIpc) is 2.52. The first kappa shape index (κ1) is 10.0. The Morgan fingerprint density at radius 1 is 1.43 bits per heavy atom. The van der Waals surface area contributed by atoms with Crippen LogP contribution in [0.1, 0.15) is 10.6 Å². The van der Waals surface area contributed by atoms with Crippen molar-refractivity contribution in [1.82, 2.24) is 0 Å². The van der Waals surface area contributed by atoms with Crippen LogP contribution in [0.25, 0.3) is 8.92 Å². The zero-order valence-corrected chi connectivity index (χ0v) is 11.0. The van der Waals surface area contributed by atoms with Gasteiger partial charge >= 0.3 is 93.8 Å². The Morgan fingerprint density at radius 3 is 2.86 bits per heavy atom. The Bertz CT molecular complexity index is 462. The predicted octanol–water partition coefficient (Wildman–Crippen LogP) is 1.52. The number of fused-ring (bicyclic) bond motifs is 1. The van der Waals surface area contributed by atoms with E-state index in [1.54, 1.807) is 10.8 Å². The van der Waals surface area contributed by atoms with Gasteiger partial charge in [0.25, 0.3) is 0 Å². The van der Waals surface area contributed by atoms with Crippen LogP contribution in [0.5, 0.6) is 5.75 Å². The van der Waals surface area contributed by atoms with Crippen molar-refractivity contribution in [1.29, 1.82) is 0 Å². The molecule has 0 aliphatic carbocycles. The van der Waals surface area contributed by atoms with Crippen molar-refractivity contribution < 1.29 is 9.30 Å². The molecule has 0 saturated carbocycles. The van der Waals surface area contributed by atoms with Gasteiger partial charge in [0.15, 0.2) is 0 Å². The van der Waals surface area contributed by atoms with Crippen LogP contribution in [0.2, 0.25) is 0 Å². The van der Waals surface area contributed by atoms with Crippen molar-refractivity contribution in [2.24, 2.45) is 0 Å². The standard InChI is InChI=1S/C11H14NOTe/c1-4-12-8(2)14-11-6-5-9(13-3)7-10(11)12/h5-7H,4H2,1-3H3/q+1. The second kappa shape index (κ2) is 3.92. The normalized spacial score (nSPS) is 10.8. The third-order valence-electron chi connectivity index (χ3n) is 2.41. The third kappa shape index (κ3) is 1.55. The molecule has 2 aromatic rings. The van der Waals surface area contributed by atoms with Crippen molar-refractivity contribution in [2.45, 2.75) is 20.4 Å². The molecule has 0 atom stereocenters. The zero-order valence-electron chi connectivity index (χ0n) is 8.70. The van der Waals surface area contributed by atoms with Gasteiger partial charge in [-0.15, -0.1) is 0 Å². The summed E-state index contributed by atoms with van der Waals surface area (Å²) in [6, 6.07) is 6.44. The predicted molar refractivity (Wildman–Crippen MR) is 58.0 cm³/mol. The minimum absolute atomic E-state index is 0.0987. The fraction of sp³-hybridized carbons (Fsp3) is 0.364. The van der Waals surface area contributed by atoms with Crippen molar-refractivity contribution in [2.75, 3.05) is 7.11 Å². The quantitative estimate of drug-likeness (QED) is 0.606. The Hall–Kier alpha value is -0.520. The monoisotopic (exact) mass is 306 g/mol. The summed E-state index contributed by atoms with van der Waals surface area (Å²) in [5.74, 6) is 0.962. The van der Waals surface area contributed by atoms with Gasteiger partial charge in [0.1, 0.15) is 0 Å². The maximum atomic E-state index is 5.25. The first-order chi connectivity index (χ1) is 6.76. The van der Waals surface area contributed by atoms with Crippen LogP contribution in [0.3, 0.4) is 0 Å². The van der Waals surface area contributed by atoms with E-state index in [-0.39, 0.29) is 20.4 Å². The van der Waals surface area contributed by atoms with E-state index in [0.717, 1.165) is 12.3 Å². The summed E-state index contributed by atoms with van der Waals surface area (Å²) in [5, 5.41) is 0. The summed E-state index contributed by atoms with van der Waals surface area (Å²) in [5.41, 5.74) is 1.37. The molecule has 0 bridgehead atoms. The molecule has 0 amide bonds. The zero-order chi connectivity index (χ0) is 10.1. The maximum absolute atomic E-state index is 5.25. The Kier molecular flexibility index (Phi) is 2.80. The molecular formula is C11H14NOTe+. The molecule has 3 heteroatoms. The van der Waals surface area contributed by atoms with Gasteiger partial charge in [0, 0.05) is 0 Å². The summed E-state index contributed by atoms with van der Waals surface area (Å²) in [4.78, 5) is 0. The molecule has 2 nitrogen and oxygen atoms in total. The molecule has 0 N–H and O–H groups in total. The molecule has 14 heavy (non-hydrogen) atoms. The van der Waals surface area contributed by atoms with Gasteiger partial charge in [-0.05, 0) is 0 Å². The number of rotatable bonds is 2. The average molecular weight is 304 g/mol. The number of benzene rings is 1. The van der Waals surface area contributed by atoms with Crippen LogP contribution in [0.15, 0.2) is 18.2 Å². The van der Waals surface area contributed by atoms with Gasteiger partial charge in [-0.1, -0.05) is 0 Å². The summed E-state index contributed by atoms with van der Waals surface area (Å²) in [6.07, 6.45) is 0. The van der Waals surface area contributed by atoms with Gasteiger partial charge in [0.05, 0.1) is 0 Å². The van der Waals surface area contributed by atoms with Crippen molar-refractivity contribution in [3.8, 4) is 5.75 Å². The Balaban J connectivity index is 2.71. The first-order valence-electron chi connectivity index (χ1n) is 4.73. The minimum atomic E-state index is -0.0987. The van der Waals surface area contributed by atoms with Crippen molar-refractivity contribution in [3.63, 3.8) is 0 Å². The molecule has 0 radical (unpaired) electrons. The van der Waals surface area contributed by atoms with E-state index in [2.05, 4.69) is 36.6 Å². The van der Waals surface area contributed by atoms with Crippen LogP contribution in [-0.2, 0) is 6.54 Å². The number of hydrogen-bond donors (Lipinski definition) is 0. The van der Waals surface area contributed by atoms with Crippen LogP contribution >= 0.6 is 0 Å². The van der Waals surface area contributed by atoms with Crippen molar-refractivity contribution >= 4 is 29.3 Å². The van der Waals surface area contributed by atoms with E-state index in [0.29, 0.717) is 0 Å². The fourth-order valence-electron chi connectivity index (χ4n) is 1.70. The van der Waals surface area contributed by atoms with Gasteiger partial charge in [-0.2, -0.15) is 0 Å². The molecule has 0 aliphatic heterocycles. The molecule has 2 rings (SSSR count). The van der Waals surface area contributed by atoms with E-state index < -0.39 is 0 Å². The second-order valence-corrected chi connectivity index (χ2v) is 6.72. The molecule has 0 spiro atoms. The van der Waals surface area contributed by atoms with Gasteiger partial charge in [0.2, 0.25) is 0 Å². The van der Waals surface area contributed by atoms with Crippen LogP contribution in [-0.4, -0.2) is 27.5 Å². The number of aryl methyl sites for hydroxylation is 2. The Morgan fingerprint density at radius 2 is 2.21 bits per heavy atom. The molecule has 74 valence electrons. The van der Waals surface area contributed by atoms with Crippen LogP contribution < -0.4 is 9.30 Å². The van der Waals surface area contributed by atoms with Crippen LogP contribution in [0.4, 0.5) is 0 Å². The van der Waals surface area contributed by atoms with Gasteiger partial charge in [-0.3, -0.25) is 0 Å². The second-order valence-electron chi connectivity index (χ2n) is 3.20. The number of ether oxygens (including phenoxy) is 1. The van der Waals surface area contributed by atoms with Gasteiger partial charge < -0.3 is 0 Å². The summed E-state index contributed by atoms with van der Waals surface area (Å²) < 4.78 is 10.7. The van der Waals surface area contributed by atoms with Gasteiger partial charge in [-0.25, -0.2) is 0 Å². The molecule has 0 aliphatic rings. The first-order valence-corrected chi connectivity index (χ1v) is 7.06. The third-order valence-corrected chi connectivity index (χ3v) is 5.50. The molecule has 1 aromatic carbocycles. The van der Waals surface area contributed by atoms with E-state index in [1.165, 1.54) is 8.92 Å². The molecule has 0 saturated heterocycles. The van der Waals surface area contributed by atoms with E-state index >= 15 is 0 Å². The van der Waals surface area contributed by atoms with E-state index in [1.807, 2.05) is 0 Å². The fourth-order valence-corrected chi connectivity index (χ4v) is 4.74. The summed E-state index contributed by atoms with van der Waals surface area (Å²) in [6.45, 7) is 5.51. The summed E-state index contributed by atoms with van der Waals surface area (Å²) >= 11 is -0.0987. The molecule has 1 aromatic heterocycles. The van der Waals surface area contributed by atoms with Crippen molar-refractivity contribution in [3.05, 3.63) is 21.9 Å². The topological polar surface area (TPSA) is 13.1 Å². The van der Waals surface area contributed by atoms with E-state index in [9.17, 15) is 0 Å². The number of nitrogens with zero attached hydrogens (tertiary/aromatic N) is 1. The summed E-state index contributed by atoms with van der Waals surface area (Å²) in [7, 11) is 1.72. The molecule has 0 fully saturated rings. The molecular weight excluding hydrogens is 290 g/mol. The van der Waals surface area contributed by atoms with E-state index in [4.69, 9.17) is 4.74 Å². The number of aromatic nitrogens is 1. The SMILES string of the molecule is CC[n+]1c(C)[te]c2ccc(OC)cc21. The van der Waals surface area contributed by atoms with Crippen LogP contribution in [0, 0.1) is 6.92 Å². The number of methoxy groups -OCH3 is 1. The number of hydrogen-bond acceptors (Lipinski definition) is 1. The molecule has 0 unspecified atom stereocenters.